The lowest BCUT2D eigenvalue weighted by atomic mass is 9.79. The van der Waals surface area contributed by atoms with Crippen molar-refractivity contribution < 1.29 is 4.74 Å². The molecule has 0 bridgehead atoms. The molecule has 2 heterocycles. The zero-order valence-electron chi connectivity index (χ0n) is 27.2. The van der Waals surface area contributed by atoms with Crippen LogP contribution in [0.3, 0.4) is 0 Å². The number of ether oxygens (including phenoxy) is 1. The summed E-state index contributed by atoms with van der Waals surface area (Å²) in [5.74, 6) is 1.54. The third-order valence-corrected chi connectivity index (χ3v) is 10.7. The summed E-state index contributed by atoms with van der Waals surface area (Å²) in [5.41, 5.74) is 9.71. The number of hydrogen-bond acceptors (Lipinski definition) is 3. The van der Waals surface area contributed by atoms with Crippen LogP contribution in [0, 0.1) is 12.8 Å². The second kappa shape index (κ2) is 13.6. The molecule has 0 saturated carbocycles. The molecule has 5 aliphatic rings. The number of rotatable bonds is 3. The van der Waals surface area contributed by atoms with Crippen LogP contribution in [-0.2, 0) is 6.42 Å². The van der Waals surface area contributed by atoms with Crippen LogP contribution in [-0.4, -0.2) is 17.0 Å². The van der Waals surface area contributed by atoms with Crippen LogP contribution >= 0.6 is 11.3 Å². The minimum Gasteiger partial charge on any atom is -0.485 e. The minimum atomic E-state index is 0.130. The molecule has 3 aromatic carbocycles. The summed E-state index contributed by atoms with van der Waals surface area (Å²) in [6, 6.07) is 27.8. The molecule has 2 nitrogen and oxygen atoms in total. The van der Waals surface area contributed by atoms with Crippen LogP contribution in [0.5, 0.6) is 5.75 Å². The van der Waals surface area contributed by atoms with E-state index in [1.165, 1.54) is 60.6 Å². The Morgan fingerprint density at radius 1 is 0.891 bits per heavy atom. The molecule has 0 spiro atoms. The molecule has 1 aromatic heterocycles. The van der Waals surface area contributed by atoms with Gasteiger partial charge in [0.25, 0.3) is 0 Å². The van der Waals surface area contributed by atoms with E-state index < -0.39 is 0 Å². The number of hydrogen-bond donors (Lipinski definition) is 0. The number of fused-ring (bicyclic) bond motifs is 7. The first kappa shape index (κ1) is 30.3. The molecule has 0 N–H and O–H groups in total. The highest BCUT2D eigenvalue weighted by Gasteiger charge is 2.37. The molecule has 1 aliphatic heterocycles. The van der Waals surface area contributed by atoms with Gasteiger partial charge >= 0.3 is 0 Å². The fraction of sp³-hybridized carbons (Fsp3) is 0.256. The highest BCUT2D eigenvalue weighted by molar-refractivity contribution is 7.20. The second-order valence-electron chi connectivity index (χ2n) is 12.3. The lowest BCUT2D eigenvalue weighted by Crippen LogP contribution is -2.41. The normalized spacial score (nSPS) is 21.7. The standard InChI is InChI=1S/C35H31NOS.C6H6.C2H6/c1-22-13-18-34-30(19-22)28-16-14-25(21-35(28)38-34)36(31-11-6-8-23-7-2-3-9-26(23)31)24-15-17-33-29(20-24)27-10-4-5-12-32(27)37-33;1-2-4-6-5-3-1;1-2/h2,4-8,10-13,15,18-21,26,31,33H,3,9,14,16-17H2,1H3;1-6H;1-2H3. The lowest BCUT2D eigenvalue weighted by molar-refractivity contribution is 0.263. The SMILES string of the molecule is CC.Cc1ccc2sc3c(c2c1)CCC(N(C1=CCC2Oc4ccccc4C2=C1)C1C=CC=C2C=CCCC21)=C3.c1ccccc1. The second-order valence-corrected chi connectivity index (χ2v) is 13.4. The zero-order chi connectivity index (χ0) is 31.5. The third-order valence-electron chi connectivity index (χ3n) is 9.51. The van der Waals surface area contributed by atoms with Crippen molar-refractivity contribution in [3.05, 3.63) is 160 Å². The summed E-state index contributed by atoms with van der Waals surface area (Å²) in [5, 5.41) is 1.45. The van der Waals surface area contributed by atoms with Gasteiger partial charge in [-0.1, -0.05) is 123 Å². The Morgan fingerprint density at radius 2 is 1.70 bits per heavy atom. The molecule has 3 unspecified atom stereocenters. The Morgan fingerprint density at radius 3 is 2.52 bits per heavy atom. The molecule has 9 rings (SSSR count). The summed E-state index contributed by atoms with van der Waals surface area (Å²) in [6.07, 6.45) is 24.7. The molecule has 232 valence electrons. The van der Waals surface area contributed by atoms with E-state index >= 15 is 0 Å². The minimum absolute atomic E-state index is 0.130. The maximum atomic E-state index is 6.33. The van der Waals surface area contributed by atoms with Gasteiger partial charge in [0.1, 0.15) is 11.9 Å². The van der Waals surface area contributed by atoms with Crippen molar-refractivity contribution in [1.29, 1.82) is 0 Å². The highest BCUT2D eigenvalue weighted by atomic mass is 32.1. The number of para-hydroxylation sites is 1. The van der Waals surface area contributed by atoms with E-state index in [-0.39, 0.29) is 6.10 Å². The van der Waals surface area contributed by atoms with Gasteiger partial charge in [-0.05, 0) is 73.4 Å². The molecule has 46 heavy (non-hydrogen) atoms. The Bertz CT molecular complexity index is 1870. The number of nitrogens with zero attached hydrogens (tertiary/aromatic N) is 1. The lowest BCUT2D eigenvalue weighted by Gasteiger charge is -2.43. The van der Waals surface area contributed by atoms with Gasteiger partial charge in [-0.25, -0.2) is 0 Å². The van der Waals surface area contributed by atoms with Crippen LogP contribution in [0.15, 0.2) is 138 Å². The third kappa shape index (κ3) is 5.85. The van der Waals surface area contributed by atoms with Crippen molar-refractivity contribution in [2.45, 2.75) is 65.0 Å². The van der Waals surface area contributed by atoms with Crippen molar-refractivity contribution in [2.24, 2.45) is 5.92 Å². The van der Waals surface area contributed by atoms with E-state index in [9.17, 15) is 0 Å². The van der Waals surface area contributed by atoms with Crippen LogP contribution < -0.4 is 4.74 Å². The molecule has 4 aliphatic carbocycles. The van der Waals surface area contributed by atoms with E-state index in [1.807, 2.05) is 61.6 Å². The van der Waals surface area contributed by atoms with Crippen LogP contribution in [0.1, 0.15) is 61.1 Å². The Labute approximate surface area is 278 Å². The van der Waals surface area contributed by atoms with Gasteiger partial charge in [0.05, 0.1) is 6.04 Å². The maximum Gasteiger partial charge on any atom is 0.128 e. The predicted molar refractivity (Wildman–Crippen MR) is 197 cm³/mol. The number of thiophene rings is 1. The molecule has 0 fully saturated rings. The van der Waals surface area contributed by atoms with E-state index in [4.69, 9.17) is 4.74 Å². The largest absolute Gasteiger partial charge is 0.485 e. The average molecular weight is 622 g/mol. The van der Waals surface area contributed by atoms with Gasteiger partial charge < -0.3 is 9.64 Å². The fourth-order valence-corrected chi connectivity index (χ4v) is 8.60. The monoisotopic (exact) mass is 621 g/mol. The molecule has 0 amide bonds. The molecule has 0 saturated heterocycles. The summed E-state index contributed by atoms with van der Waals surface area (Å²) >= 11 is 1.95. The molecular weight excluding hydrogens is 579 g/mol. The van der Waals surface area contributed by atoms with Crippen molar-refractivity contribution in [3.63, 3.8) is 0 Å². The summed E-state index contributed by atoms with van der Waals surface area (Å²) in [4.78, 5) is 4.13. The first-order valence-corrected chi connectivity index (χ1v) is 17.8. The quantitative estimate of drug-likeness (QED) is 0.226. The topological polar surface area (TPSA) is 12.5 Å². The first-order chi connectivity index (χ1) is 22.7. The van der Waals surface area contributed by atoms with E-state index in [0.717, 1.165) is 31.4 Å². The molecular formula is C43H43NOS. The van der Waals surface area contributed by atoms with Crippen molar-refractivity contribution in [3.8, 4) is 5.75 Å². The van der Waals surface area contributed by atoms with Crippen LogP contribution in [0.2, 0.25) is 0 Å². The van der Waals surface area contributed by atoms with Gasteiger partial charge in [-0.2, -0.15) is 0 Å². The molecule has 3 heteroatoms. The maximum absolute atomic E-state index is 6.33. The van der Waals surface area contributed by atoms with Crippen molar-refractivity contribution in [1.82, 2.24) is 4.90 Å². The first-order valence-electron chi connectivity index (χ1n) is 17.0. The summed E-state index contributed by atoms with van der Waals surface area (Å²) < 4.78 is 7.74. The molecule has 0 radical (unpaired) electrons. The van der Waals surface area contributed by atoms with Crippen molar-refractivity contribution >= 4 is 33.1 Å². The number of benzene rings is 3. The highest BCUT2D eigenvalue weighted by Crippen LogP contribution is 2.46. The molecule has 4 aromatic rings. The van der Waals surface area contributed by atoms with E-state index in [1.54, 1.807) is 0 Å². The average Bonchev–Trinajstić information content (AvgIpc) is 3.68. The summed E-state index contributed by atoms with van der Waals surface area (Å²) in [7, 11) is 0. The predicted octanol–water partition coefficient (Wildman–Crippen LogP) is 11.5. The zero-order valence-corrected chi connectivity index (χ0v) is 28.0. The fourth-order valence-electron chi connectivity index (χ4n) is 7.41. The van der Waals surface area contributed by atoms with E-state index in [0.29, 0.717) is 12.0 Å². The van der Waals surface area contributed by atoms with Gasteiger partial charge in [0, 0.05) is 44.4 Å². The van der Waals surface area contributed by atoms with Gasteiger partial charge in [-0.3, -0.25) is 0 Å². The van der Waals surface area contributed by atoms with Gasteiger partial charge in [0.15, 0.2) is 0 Å². The van der Waals surface area contributed by atoms with Crippen molar-refractivity contribution in [2.75, 3.05) is 0 Å². The van der Waals surface area contributed by atoms with Gasteiger partial charge in [-0.15, -0.1) is 11.3 Å². The summed E-state index contributed by atoms with van der Waals surface area (Å²) in [6.45, 7) is 6.20. The van der Waals surface area contributed by atoms with E-state index in [2.05, 4.69) is 103 Å². The Balaban J connectivity index is 0.000000377. The Kier molecular flexibility index (Phi) is 8.94. The number of aryl methyl sites for hydroxylation is 2. The molecule has 3 atom stereocenters. The number of allylic oxidation sites excluding steroid dienone is 6. The Hall–Kier alpha value is -4.34. The smallest absolute Gasteiger partial charge is 0.128 e. The van der Waals surface area contributed by atoms with Crippen LogP contribution in [0.25, 0.3) is 21.7 Å². The van der Waals surface area contributed by atoms with Gasteiger partial charge in [0.2, 0.25) is 0 Å². The van der Waals surface area contributed by atoms with Crippen LogP contribution in [0.4, 0.5) is 0 Å².